The number of hydrogen-bond donors (Lipinski definition) is 3. The lowest BCUT2D eigenvalue weighted by molar-refractivity contribution is -0.121. The Bertz CT molecular complexity index is 1480. The molecule has 4 rings (SSSR count). The van der Waals surface area contributed by atoms with E-state index in [2.05, 4.69) is 11.2 Å². The molecule has 3 N–H and O–H groups in total. The van der Waals surface area contributed by atoms with E-state index in [-0.39, 0.29) is 29.1 Å². The molecule has 0 radical (unpaired) electrons. The van der Waals surface area contributed by atoms with Gasteiger partial charge in [-0.2, -0.15) is 0 Å². The van der Waals surface area contributed by atoms with Gasteiger partial charge in [-0.25, -0.2) is 4.79 Å². The van der Waals surface area contributed by atoms with Gasteiger partial charge in [-0.15, -0.1) is 12.3 Å². The Kier molecular flexibility index (Phi) is 6.83. The second-order valence-electron chi connectivity index (χ2n) is 8.15. The Morgan fingerprint density at radius 2 is 1.83 bits per heavy atom. The minimum atomic E-state index is -1.03. The van der Waals surface area contributed by atoms with Crippen LogP contribution in [0.25, 0.3) is 33.4 Å². The molecule has 1 aliphatic heterocycles. The van der Waals surface area contributed by atoms with Crippen molar-refractivity contribution in [2.75, 3.05) is 6.54 Å². The van der Waals surface area contributed by atoms with E-state index in [4.69, 9.17) is 10.8 Å². The highest BCUT2D eigenvalue weighted by molar-refractivity contribution is 6.03. The van der Waals surface area contributed by atoms with Crippen LogP contribution in [0.4, 0.5) is 0 Å². The summed E-state index contributed by atoms with van der Waals surface area (Å²) in [6.45, 7) is 0.496. The molecule has 0 saturated carbocycles. The molecule has 2 aliphatic rings. The highest BCUT2D eigenvalue weighted by Crippen LogP contribution is 2.41. The SMILES string of the molecule is C#CCCCNC(=O)CCc1cc2c(-c3ccc(C(=O)O)cc3)c3ccc(=O)cc-3oc2cc1O. The highest BCUT2D eigenvalue weighted by atomic mass is 16.4. The number of terminal acetylenes is 1. The number of carboxylic acids is 1. The molecule has 1 heterocycles. The van der Waals surface area contributed by atoms with Crippen LogP contribution in [0.15, 0.2) is 63.8 Å². The fourth-order valence-electron chi connectivity index (χ4n) is 4.00. The Hall–Kier alpha value is -4.57. The largest absolute Gasteiger partial charge is 0.508 e. The van der Waals surface area contributed by atoms with Crippen molar-refractivity contribution >= 4 is 22.8 Å². The number of rotatable bonds is 8. The van der Waals surface area contributed by atoms with Crippen LogP contribution < -0.4 is 10.7 Å². The smallest absolute Gasteiger partial charge is 0.335 e. The quantitative estimate of drug-likeness (QED) is 0.200. The summed E-state index contributed by atoms with van der Waals surface area (Å²) < 4.78 is 5.94. The average Bonchev–Trinajstić information content (AvgIpc) is 2.84. The maximum atomic E-state index is 12.2. The van der Waals surface area contributed by atoms with Crippen molar-refractivity contribution in [1.82, 2.24) is 5.32 Å². The number of fused-ring (bicyclic) bond motifs is 2. The van der Waals surface area contributed by atoms with E-state index >= 15 is 0 Å². The molecule has 35 heavy (non-hydrogen) atoms. The number of hydrogen-bond acceptors (Lipinski definition) is 5. The van der Waals surface area contributed by atoms with Crippen LogP contribution in [0.2, 0.25) is 0 Å². The number of benzene rings is 3. The van der Waals surface area contributed by atoms with Crippen LogP contribution in [0.3, 0.4) is 0 Å². The molecule has 0 unspecified atom stereocenters. The summed E-state index contributed by atoms with van der Waals surface area (Å²) in [6.07, 6.45) is 7.00. The van der Waals surface area contributed by atoms with Crippen LogP contribution in [0.1, 0.15) is 35.2 Å². The average molecular weight is 469 g/mol. The molecule has 1 aliphatic carbocycles. The third-order valence-electron chi connectivity index (χ3n) is 5.75. The lowest BCUT2D eigenvalue weighted by Crippen LogP contribution is -2.24. The number of aryl methyl sites for hydroxylation is 1. The fraction of sp³-hybridized carbons (Fsp3) is 0.179. The molecular weight excluding hydrogens is 446 g/mol. The third-order valence-corrected chi connectivity index (χ3v) is 5.75. The number of amides is 1. The first-order valence-corrected chi connectivity index (χ1v) is 11.1. The Balaban J connectivity index is 1.77. The Morgan fingerprint density at radius 3 is 2.54 bits per heavy atom. The van der Waals surface area contributed by atoms with Gasteiger partial charge in [0.15, 0.2) is 5.43 Å². The number of carboxylic acid groups (broad SMARTS) is 1. The molecule has 0 bridgehead atoms. The zero-order valence-corrected chi connectivity index (χ0v) is 18.8. The van der Waals surface area contributed by atoms with E-state index < -0.39 is 5.97 Å². The number of unbranched alkanes of at least 4 members (excludes halogenated alkanes) is 1. The number of aromatic hydroxyl groups is 1. The van der Waals surface area contributed by atoms with Gasteiger partial charge in [0.1, 0.15) is 17.1 Å². The first-order valence-electron chi connectivity index (χ1n) is 11.1. The molecule has 0 spiro atoms. The van der Waals surface area contributed by atoms with E-state index in [1.54, 1.807) is 24.3 Å². The predicted molar refractivity (Wildman–Crippen MR) is 133 cm³/mol. The standard InChI is InChI=1S/C28H23NO6/c1-2-3-4-13-29-26(32)12-9-19-14-22-25(16-23(19)31)35-24-15-20(30)10-11-21(24)27(22)17-5-7-18(8-6-17)28(33)34/h1,5-8,10-11,14-16,31H,3-4,9,12-13H2,(H,29,32)(H,33,34). The van der Waals surface area contributed by atoms with Crippen molar-refractivity contribution in [2.24, 2.45) is 0 Å². The highest BCUT2D eigenvalue weighted by Gasteiger charge is 2.20. The number of phenols is 1. The monoisotopic (exact) mass is 469 g/mol. The van der Waals surface area contributed by atoms with Crippen molar-refractivity contribution in [3.05, 3.63) is 75.9 Å². The predicted octanol–water partition coefficient (Wildman–Crippen LogP) is 4.43. The van der Waals surface area contributed by atoms with Gasteiger partial charge in [-0.1, -0.05) is 12.1 Å². The molecule has 7 nitrogen and oxygen atoms in total. The van der Waals surface area contributed by atoms with Gasteiger partial charge < -0.3 is 19.9 Å². The van der Waals surface area contributed by atoms with Crippen molar-refractivity contribution in [3.8, 4) is 40.5 Å². The minimum Gasteiger partial charge on any atom is -0.508 e. The van der Waals surface area contributed by atoms with Gasteiger partial charge in [0.05, 0.1) is 5.56 Å². The fourth-order valence-corrected chi connectivity index (χ4v) is 4.00. The molecule has 176 valence electrons. The molecule has 0 aromatic heterocycles. The summed E-state index contributed by atoms with van der Waals surface area (Å²) in [5, 5.41) is 23.3. The normalized spacial score (nSPS) is 10.8. The summed E-state index contributed by atoms with van der Waals surface area (Å²) in [5.41, 5.74) is 2.98. The van der Waals surface area contributed by atoms with Gasteiger partial charge in [-0.05, 0) is 54.3 Å². The second-order valence-corrected chi connectivity index (χ2v) is 8.15. The molecule has 0 saturated heterocycles. The number of nitrogens with one attached hydrogen (secondary N) is 1. The van der Waals surface area contributed by atoms with Crippen molar-refractivity contribution in [1.29, 1.82) is 0 Å². The van der Waals surface area contributed by atoms with Crippen LogP contribution in [-0.4, -0.2) is 28.6 Å². The van der Waals surface area contributed by atoms with E-state index in [1.807, 2.05) is 0 Å². The van der Waals surface area contributed by atoms with E-state index in [0.29, 0.717) is 53.7 Å². The number of carbonyl (C=O) groups excluding carboxylic acids is 1. The molecule has 7 heteroatoms. The summed E-state index contributed by atoms with van der Waals surface area (Å²) in [4.78, 5) is 35.4. The van der Waals surface area contributed by atoms with Gasteiger partial charge >= 0.3 is 5.97 Å². The maximum Gasteiger partial charge on any atom is 0.335 e. The number of carbonyl (C=O) groups is 2. The van der Waals surface area contributed by atoms with Crippen molar-refractivity contribution in [2.45, 2.75) is 25.7 Å². The molecule has 2 aromatic rings. The van der Waals surface area contributed by atoms with Gasteiger partial charge in [0.25, 0.3) is 0 Å². The van der Waals surface area contributed by atoms with Gasteiger partial charge in [0.2, 0.25) is 5.91 Å². The maximum absolute atomic E-state index is 12.2. The van der Waals surface area contributed by atoms with Gasteiger partial charge in [-0.3, -0.25) is 9.59 Å². The van der Waals surface area contributed by atoms with Crippen LogP contribution in [-0.2, 0) is 11.2 Å². The van der Waals surface area contributed by atoms with E-state index in [0.717, 1.165) is 11.1 Å². The Labute approximate surface area is 201 Å². The number of aromatic carboxylic acids is 1. The minimum absolute atomic E-state index is 0.0221. The number of phenolic OH excluding ortho intramolecular Hbond substituents is 1. The zero-order chi connectivity index (χ0) is 24.9. The molecule has 0 fully saturated rings. The summed E-state index contributed by atoms with van der Waals surface area (Å²) >= 11 is 0. The zero-order valence-electron chi connectivity index (χ0n) is 18.8. The molecular formula is C28H23NO6. The molecule has 2 aromatic carbocycles. The summed E-state index contributed by atoms with van der Waals surface area (Å²) in [6, 6.07) is 14.1. The molecule has 0 atom stereocenters. The first kappa shape index (κ1) is 23.6. The second kappa shape index (κ2) is 10.1. The lowest BCUT2D eigenvalue weighted by atomic mass is 9.92. The van der Waals surface area contributed by atoms with Gasteiger partial charge in [0, 0.05) is 48.0 Å². The van der Waals surface area contributed by atoms with Crippen LogP contribution in [0, 0.1) is 12.3 Å². The summed E-state index contributed by atoms with van der Waals surface area (Å²) in [5.74, 6) is 1.68. The topological polar surface area (TPSA) is 117 Å². The molecule has 1 amide bonds. The van der Waals surface area contributed by atoms with Crippen LogP contribution in [0.5, 0.6) is 5.75 Å². The van der Waals surface area contributed by atoms with Crippen LogP contribution >= 0.6 is 0 Å². The summed E-state index contributed by atoms with van der Waals surface area (Å²) in [7, 11) is 0. The van der Waals surface area contributed by atoms with Crippen molar-refractivity contribution in [3.63, 3.8) is 0 Å². The van der Waals surface area contributed by atoms with E-state index in [1.165, 1.54) is 30.3 Å². The van der Waals surface area contributed by atoms with E-state index in [9.17, 15) is 24.6 Å². The Morgan fingerprint density at radius 1 is 1.06 bits per heavy atom. The lowest BCUT2D eigenvalue weighted by Gasteiger charge is -2.17. The van der Waals surface area contributed by atoms with Crippen molar-refractivity contribution < 1.29 is 24.2 Å². The third kappa shape index (κ3) is 5.17. The first-order chi connectivity index (χ1) is 16.9.